The molecule has 1 atom stereocenters. The molecule has 2 nitrogen and oxygen atoms in total. The van der Waals surface area contributed by atoms with E-state index in [4.69, 9.17) is 4.42 Å². The van der Waals surface area contributed by atoms with Gasteiger partial charge < -0.3 is 9.32 Å². The Kier molecular flexibility index (Phi) is 5.44. The SMILES string of the molecule is C1=CCC2c3cc(-c4ccccc4)ccc3N(c3ccc4ccc5ccc6ccccc6c5c4c3)c3cccc4oc(c2c34)C=C1. The van der Waals surface area contributed by atoms with Gasteiger partial charge in [-0.1, -0.05) is 115 Å². The molecule has 46 heavy (non-hydrogen) atoms. The average molecular weight is 588 g/mol. The molecule has 0 bridgehead atoms. The van der Waals surface area contributed by atoms with E-state index >= 15 is 0 Å². The maximum atomic E-state index is 6.62. The van der Waals surface area contributed by atoms with Gasteiger partial charge in [0.05, 0.1) is 11.4 Å². The van der Waals surface area contributed by atoms with Crippen molar-refractivity contribution in [3.8, 4) is 11.1 Å². The minimum atomic E-state index is 0.146. The zero-order valence-corrected chi connectivity index (χ0v) is 25.2. The van der Waals surface area contributed by atoms with E-state index in [2.05, 4.69) is 163 Å². The van der Waals surface area contributed by atoms with Crippen molar-refractivity contribution < 1.29 is 4.42 Å². The normalized spacial score (nSPS) is 15.3. The van der Waals surface area contributed by atoms with Gasteiger partial charge in [0.25, 0.3) is 0 Å². The first kappa shape index (κ1) is 25.5. The van der Waals surface area contributed by atoms with Crippen LogP contribution in [0.3, 0.4) is 0 Å². The second kappa shape index (κ2) is 9.82. The Bertz CT molecular complexity index is 2560. The van der Waals surface area contributed by atoms with Gasteiger partial charge in [0, 0.05) is 22.6 Å². The molecule has 1 aliphatic heterocycles. The van der Waals surface area contributed by atoms with Gasteiger partial charge in [-0.2, -0.15) is 0 Å². The highest BCUT2D eigenvalue weighted by Gasteiger charge is 2.33. The van der Waals surface area contributed by atoms with Gasteiger partial charge in [0.2, 0.25) is 0 Å². The molecule has 2 heterocycles. The zero-order valence-electron chi connectivity index (χ0n) is 25.2. The highest BCUT2D eigenvalue weighted by Crippen LogP contribution is 2.53. The first-order valence-electron chi connectivity index (χ1n) is 16.0. The molecule has 0 fully saturated rings. The van der Waals surface area contributed by atoms with Crippen molar-refractivity contribution in [2.45, 2.75) is 12.3 Å². The molecule has 0 amide bonds. The van der Waals surface area contributed by atoms with Gasteiger partial charge in [-0.25, -0.2) is 0 Å². The smallest absolute Gasteiger partial charge is 0.137 e. The summed E-state index contributed by atoms with van der Waals surface area (Å²) in [5, 5.41) is 8.81. The van der Waals surface area contributed by atoms with Crippen molar-refractivity contribution in [3.05, 3.63) is 169 Å². The van der Waals surface area contributed by atoms with E-state index in [0.29, 0.717) is 0 Å². The Labute approximate surface area is 267 Å². The van der Waals surface area contributed by atoms with Gasteiger partial charge in [-0.3, -0.25) is 0 Å². The first-order chi connectivity index (χ1) is 22.8. The first-order valence-corrected chi connectivity index (χ1v) is 16.0. The third-order valence-corrected chi connectivity index (χ3v) is 9.93. The van der Waals surface area contributed by atoms with Crippen LogP contribution in [0.1, 0.15) is 29.2 Å². The molecule has 0 saturated heterocycles. The van der Waals surface area contributed by atoms with Crippen LogP contribution in [-0.2, 0) is 0 Å². The molecule has 0 radical (unpaired) electrons. The van der Waals surface area contributed by atoms with Gasteiger partial charge >= 0.3 is 0 Å². The third kappa shape index (κ3) is 3.71. The van der Waals surface area contributed by atoms with Crippen molar-refractivity contribution in [2.24, 2.45) is 0 Å². The topological polar surface area (TPSA) is 16.4 Å². The monoisotopic (exact) mass is 587 g/mol. The predicted octanol–water partition coefficient (Wildman–Crippen LogP) is 12.4. The Hall–Kier alpha value is -5.86. The van der Waals surface area contributed by atoms with Crippen molar-refractivity contribution in [3.63, 3.8) is 0 Å². The summed E-state index contributed by atoms with van der Waals surface area (Å²) in [6.07, 6.45) is 9.58. The molecule has 8 aromatic rings. The number of hydrogen-bond acceptors (Lipinski definition) is 2. The van der Waals surface area contributed by atoms with Gasteiger partial charge in [-0.05, 0) is 97.9 Å². The van der Waals surface area contributed by atoms with Gasteiger partial charge in [0.1, 0.15) is 11.3 Å². The molecular weight excluding hydrogens is 558 g/mol. The third-order valence-electron chi connectivity index (χ3n) is 9.93. The van der Waals surface area contributed by atoms with Gasteiger partial charge in [0.15, 0.2) is 0 Å². The van der Waals surface area contributed by atoms with Crippen molar-refractivity contribution in [2.75, 3.05) is 4.90 Å². The summed E-state index contributed by atoms with van der Waals surface area (Å²) in [6, 6.07) is 49.0. The molecular formula is C44H29NO. The number of allylic oxidation sites excluding steroid dienone is 3. The number of nitrogens with zero attached hydrogens (tertiary/aromatic N) is 1. The largest absolute Gasteiger partial charge is 0.456 e. The van der Waals surface area contributed by atoms with Crippen molar-refractivity contribution >= 4 is 66.4 Å². The molecule has 1 aliphatic carbocycles. The molecule has 1 aromatic heterocycles. The van der Waals surface area contributed by atoms with Crippen LogP contribution in [0.25, 0.3) is 60.5 Å². The van der Waals surface area contributed by atoms with Crippen LogP contribution in [0, 0.1) is 0 Å². The Morgan fingerprint density at radius 2 is 1.37 bits per heavy atom. The van der Waals surface area contributed by atoms with Crippen molar-refractivity contribution in [1.82, 2.24) is 0 Å². The summed E-state index contributed by atoms with van der Waals surface area (Å²) in [4.78, 5) is 2.48. The minimum Gasteiger partial charge on any atom is -0.456 e. The second-order valence-electron chi connectivity index (χ2n) is 12.4. The van der Waals surface area contributed by atoms with Crippen LogP contribution in [0.5, 0.6) is 0 Å². The van der Waals surface area contributed by atoms with Crippen LogP contribution in [0.15, 0.2) is 156 Å². The number of furan rings is 1. The number of fused-ring (bicyclic) bond motifs is 7. The van der Waals surface area contributed by atoms with E-state index in [1.807, 2.05) is 0 Å². The van der Waals surface area contributed by atoms with E-state index in [9.17, 15) is 0 Å². The van der Waals surface area contributed by atoms with Crippen LogP contribution in [0.2, 0.25) is 0 Å². The standard InChI is InChI=1S/C44H29NO/c1-3-10-28(11-4-1)32-23-25-38-37(26-32)35-14-5-2-6-16-40-43(35)44-39(15-9-17-41(44)46-40)45(38)33-24-22-30-19-21-31-20-18-29-12-7-8-13-34(29)42(31)36(30)27-33/h1-13,15-27,35H,14H2. The van der Waals surface area contributed by atoms with Crippen LogP contribution in [-0.4, -0.2) is 0 Å². The van der Waals surface area contributed by atoms with Gasteiger partial charge in [-0.15, -0.1) is 0 Å². The lowest BCUT2D eigenvalue weighted by molar-refractivity contribution is 0.593. The molecule has 10 rings (SSSR count). The molecule has 7 aromatic carbocycles. The number of rotatable bonds is 2. The zero-order chi connectivity index (χ0) is 30.2. The number of anilines is 3. The molecule has 0 spiro atoms. The summed E-state index contributed by atoms with van der Waals surface area (Å²) in [6.45, 7) is 0. The van der Waals surface area contributed by atoms with Crippen LogP contribution < -0.4 is 4.90 Å². The number of benzene rings is 7. The summed E-state index contributed by atoms with van der Waals surface area (Å²) in [5.74, 6) is 1.10. The van der Waals surface area contributed by atoms with Crippen LogP contribution in [0.4, 0.5) is 17.1 Å². The fourth-order valence-corrected chi connectivity index (χ4v) is 7.87. The fourth-order valence-electron chi connectivity index (χ4n) is 7.87. The van der Waals surface area contributed by atoms with Crippen LogP contribution >= 0.6 is 0 Å². The summed E-state index contributed by atoms with van der Waals surface area (Å²) >= 11 is 0. The second-order valence-corrected chi connectivity index (χ2v) is 12.4. The quantitative estimate of drug-likeness (QED) is 0.187. The lowest BCUT2D eigenvalue weighted by atomic mass is 9.84. The molecule has 216 valence electrons. The molecule has 2 heteroatoms. The highest BCUT2D eigenvalue weighted by molar-refractivity contribution is 6.21. The predicted molar refractivity (Wildman–Crippen MR) is 193 cm³/mol. The maximum Gasteiger partial charge on any atom is 0.137 e. The summed E-state index contributed by atoms with van der Waals surface area (Å²) < 4.78 is 6.62. The van der Waals surface area contributed by atoms with E-state index in [1.165, 1.54) is 65.6 Å². The maximum absolute atomic E-state index is 6.62. The minimum absolute atomic E-state index is 0.146. The lowest BCUT2D eigenvalue weighted by Gasteiger charge is -2.28. The Morgan fingerprint density at radius 3 is 2.28 bits per heavy atom. The number of hydrogen-bond donors (Lipinski definition) is 0. The lowest BCUT2D eigenvalue weighted by Crippen LogP contribution is -2.12. The highest BCUT2D eigenvalue weighted by atomic mass is 16.3. The molecule has 2 aliphatic rings. The molecule has 0 N–H and O–H groups in total. The Balaban J connectivity index is 1.31. The summed E-state index contributed by atoms with van der Waals surface area (Å²) in [7, 11) is 0. The Morgan fingerprint density at radius 1 is 0.565 bits per heavy atom. The van der Waals surface area contributed by atoms with E-state index in [1.54, 1.807) is 0 Å². The van der Waals surface area contributed by atoms with E-state index in [0.717, 1.165) is 29.1 Å². The van der Waals surface area contributed by atoms with E-state index < -0.39 is 0 Å². The molecule has 1 unspecified atom stereocenters. The molecule has 0 saturated carbocycles. The fraction of sp³-hybridized carbons (Fsp3) is 0.0455. The van der Waals surface area contributed by atoms with E-state index in [-0.39, 0.29) is 5.92 Å². The van der Waals surface area contributed by atoms with Crippen molar-refractivity contribution in [1.29, 1.82) is 0 Å². The average Bonchev–Trinajstić information content (AvgIpc) is 3.41. The summed E-state index contributed by atoms with van der Waals surface area (Å²) in [5.41, 5.74) is 9.47.